The topological polar surface area (TPSA) is 91.4 Å². The molecule has 0 saturated carbocycles. The van der Waals surface area contributed by atoms with Gasteiger partial charge in [-0.2, -0.15) is 0 Å². The van der Waals surface area contributed by atoms with Crippen LogP contribution in [0, 0.1) is 6.92 Å². The Balaban J connectivity index is 1.54. The highest BCUT2D eigenvalue weighted by Gasteiger charge is 2.12. The van der Waals surface area contributed by atoms with Crippen LogP contribution in [0.25, 0.3) is 10.9 Å². The maximum atomic E-state index is 12.4. The molecule has 1 atom stereocenters. The smallest absolute Gasteiger partial charge is 0.341 e. The summed E-state index contributed by atoms with van der Waals surface area (Å²) in [7, 11) is 0. The molecule has 146 valence electrons. The molecule has 0 aliphatic rings. The van der Waals surface area contributed by atoms with Crippen LogP contribution in [-0.2, 0) is 16.0 Å². The Morgan fingerprint density at radius 2 is 1.93 bits per heavy atom. The maximum Gasteiger partial charge on any atom is 0.341 e. The number of carboxylic acid groups (broad SMARTS) is 1. The first-order valence-corrected chi connectivity index (χ1v) is 9.23. The zero-order chi connectivity index (χ0) is 20.1. The summed E-state index contributed by atoms with van der Waals surface area (Å²) in [5.41, 5.74) is 4.38. The fourth-order valence-corrected chi connectivity index (χ4v) is 3.21. The summed E-state index contributed by atoms with van der Waals surface area (Å²) in [6, 6.07) is 13.1. The number of benzene rings is 2. The normalized spacial score (nSPS) is 11.9. The third-order valence-corrected chi connectivity index (χ3v) is 4.75. The molecule has 0 aliphatic heterocycles. The zero-order valence-electron chi connectivity index (χ0n) is 16.0. The second kappa shape index (κ2) is 8.61. The number of aliphatic carboxylic acids is 1. The standard InChI is InChI=1S/C22H24N2O4/c1-14-4-3-5-19-17(12-23-22(14)19)8-11-20(25)24-15(2)16-6-9-18(10-7-16)28-13-21(26)27/h3-7,9-10,12,15,23H,8,11,13H2,1-2H3,(H,24,25)(H,26,27). The Bertz CT molecular complexity index is 976. The largest absolute Gasteiger partial charge is 0.482 e. The van der Waals surface area contributed by atoms with Crippen molar-refractivity contribution >= 4 is 22.8 Å². The third kappa shape index (κ3) is 4.71. The van der Waals surface area contributed by atoms with Crippen molar-refractivity contribution in [2.24, 2.45) is 0 Å². The van der Waals surface area contributed by atoms with E-state index in [1.54, 1.807) is 12.1 Å². The second-order valence-corrected chi connectivity index (χ2v) is 6.85. The minimum Gasteiger partial charge on any atom is -0.482 e. The number of aromatic amines is 1. The number of carbonyl (C=O) groups excluding carboxylic acids is 1. The Morgan fingerprint density at radius 3 is 2.64 bits per heavy atom. The molecule has 3 rings (SSSR count). The number of ether oxygens (including phenoxy) is 1. The number of amides is 1. The molecular weight excluding hydrogens is 356 g/mol. The van der Waals surface area contributed by atoms with E-state index in [1.165, 1.54) is 5.56 Å². The highest BCUT2D eigenvalue weighted by molar-refractivity contribution is 5.86. The molecule has 3 aromatic rings. The molecule has 0 bridgehead atoms. The Labute approximate surface area is 163 Å². The highest BCUT2D eigenvalue weighted by atomic mass is 16.5. The molecule has 0 radical (unpaired) electrons. The SMILES string of the molecule is Cc1cccc2c(CCC(=O)NC(C)c3ccc(OCC(=O)O)cc3)c[nH]c12. The summed E-state index contributed by atoms with van der Waals surface area (Å²) in [4.78, 5) is 26.2. The van der Waals surface area contributed by atoms with Crippen molar-refractivity contribution in [3.8, 4) is 5.75 Å². The van der Waals surface area contributed by atoms with Crippen LogP contribution < -0.4 is 10.1 Å². The summed E-state index contributed by atoms with van der Waals surface area (Å²) >= 11 is 0. The first-order chi connectivity index (χ1) is 13.4. The number of hydrogen-bond donors (Lipinski definition) is 3. The number of rotatable bonds is 8. The summed E-state index contributed by atoms with van der Waals surface area (Å²) in [5, 5.41) is 12.8. The van der Waals surface area contributed by atoms with Crippen molar-refractivity contribution in [2.75, 3.05) is 6.61 Å². The molecular formula is C22H24N2O4. The summed E-state index contributed by atoms with van der Waals surface area (Å²) in [5.74, 6) is -0.546. The van der Waals surface area contributed by atoms with E-state index >= 15 is 0 Å². The van der Waals surface area contributed by atoms with Crippen molar-refractivity contribution < 1.29 is 19.4 Å². The molecule has 28 heavy (non-hydrogen) atoms. The number of aryl methyl sites for hydroxylation is 2. The number of para-hydroxylation sites is 1. The van der Waals surface area contributed by atoms with Gasteiger partial charge in [0.15, 0.2) is 6.61 Å². The lowest BCUT2D eigenvalue weighted by Crippen LogP contribution is -2.26. The van der Waals surface area contributed by atoms with Crippen molar-refractivity contribution in [1.29, 1.82) is 0 Å². The van der Waals surface area contributed by atoms with Crippen molar-refractivity contribution in [2.45, 2.75) is 32.7 Å². The van der Waals surface area contributed by atoms with E-state index in [4.69, 9.17) is 9.84 Å². The first-order valence-electron chi connectivity index (χ1n) is 9.23. The predicted octanol–water partition coefficient (Wildman–Crippen LogP) is 3.75. The molecule has 1 aromatic heterocycles. The fourth-order valence-electron chi connectivity index (χ4n) is 3.21. The van der Waals surface area contributed by atoms with Gasteiger partial charge in [-0.25, -0.2) is 4.79 Å². The third-order valence-electron chi connectivity index (χ3n) is 4.75. The van der Waals surface area contributed by atoms with Gasteiger partial charge in [-0.05, 0) is 49.1 Å². The second-order valence-electron chi connectivity index (χ2n) is 6.85. The van der Waals surface area contributed by atoms with Gasteiger partial charge >= 0.3 is 5.97 Å². The van der Waals surface area contributed by atoms with Crippen molar-refractivity contribution in [3.63, 3.8) is 0 Å². The lowest BCUT2D eigenvalue weighted by Gasteiger charge is -2.15. The fraction of sp³-hybridized carbons (Fsp3) is 0.273. The number of H-pyrrole nitrogens is 1. The van der Waals surface area contributed by atoms with Crippen LogP contribution in [0.4, 0.5) is 0 Å². The molecule has 1 unspecified atom stereocenters. The van der Waals surface area contributed by atoms with E-state index in [9.17, 15) is 9.59 Å². The molecule has 3 N–H and O–H groups in total. The molecule has 0 spiro atoms. The van der Waals surface area contributed by atoms with Gasteiger partial charge in [0.2, 0.25) is 5.91 Å². The van der Waals surface area contributed by atoms with Gasteiger partial charge in [0.05, 0.1) is 6.04 Å². The summed E-state index contributed by atoms with van der Waals surface area (Å²) in [6.07, 6.45) is 3.05. The van der Waals surface area contributed by atoms with Crippen molar-refractivity contribution in [3.05, 3.63) is 65.4 Å². The molecule has 6 nitrogen and oxygen atoms in total. The van der Waals surface area contributed by atoms with Crippen LogP contribution >= 0.6 is 0 Å². The lowest BCUT2D eigenvalue weighted by molar-refractivity contribution is -0.139. The van der Waals surface area contributed by atoms with Gasteiger partial charge < -0.3 is 20.1 Å². The van der Waals surface area contributed by atoms with Gasteiger partial charge in [-0.15, -0.1) is 0 Å². The molecule has 6 heteroatoms. The van der Waals surface area contributed by atoms with Gasteiger partial charge in [0.25, 0.3) is 0 Å². The molecule has 0 saturated heterocycles. The molecule has 2 aromatic carbocycles. The van der Waals surface area contributed by atoms with Crippen LogP contribution in [-0.4, -0.2) is 28.6 Å². The lowest BCUT2D eigenvalue weighted by atomic mass is 10.1. The van der Waals surface area contributed by atoms with Gasteiger partial charge in [-0.3, -0.25) is 4.79 Å². The monoisotopic (exact) mass is 380 g/mol. The first kappa shape index (κ1) is 19.5. The van der Waals surface area contributed by atoms with E-state index in [0.717, 1.165) is 22.0 Å². The number of carbonyl (C=O) groups is 2. The van der Waals surface area contributed by atoms with Crippen molar-refractivity contribution in [1.82, 2.24) is 10.3 Å². The Morgan fingerprint density at radius 1 is 1.18 bits per heavy atom. The van der Waals surface area contributed by atoms with E-state index in [0.29, 0.717) is 18.6 Å². The zero-order valence-corrected chi connectivity index (χ0v) is 16.0. The molecule has 1 heterocycles. The number of fused-ring (bicyclic) bond motifs is 1. The quantitative estimate of drug-likeness (QED) is 0.555. The van der Waals surface area contributed by atoms with E-state index in [2.05, 4.69) is 29.4 Å². The van der Waals surface area contributed by atoms with Crippen LogP contribution in [0.2, 0.25) is 0 Å². The van der Waals surface area contributed by atoms with Gasteiger partial charge in [0.1, 0.15) is 5.75 Å². The summed E-state index contributed by atoms with van der Waals surface area (Å²) < 4.78 is 5.12. The Kier molecular flexibility index (Phi) is 5.99. The average Bonchev–Trinajstić information content (AvgIpc) is 3.09. The predicted molar refractivity (Wildman–Crippen MR) is 107 cm³/mol. The molecule has 0 fully saturated rings. The minimum absolute atomic E-state index is 0.0132. The molecule has 1 amide bonds. The van der Waals surface area contributed by atoms with Crippen LogP contribution in [0.3, 0.4) is 0 Å². The van der Waals surface area contributed by atoms with Crippen LogP contribution in [0.1, 0.15) is 36.1 Å². The van der Waals surface area contributed by atoms with Crippen LogP contribution in [0.15, 0.2) is 48.7 Å². The molecule has 0 aliphatic carbocycles. The number of aromatic nitrogens is 1. The van der Waals surface area contributed by atoms with Crippen LogP contribution in [0.5, 0.6) is 5.75 Å². The summed E-state index contributed by atoms with van der Waals surface area (Å²) in [6.45, 7) is 3.61. The van der Waals surface area contributed by atoms with Gasteiger partial charge in [-0.1, -0.05) is 30.3 Å². The highest BCUT2D eigenvalue weighted by Crippen LogP contribution is 2.22. The number of nitrogens with one attached hydrogen (secondary N) is 2. The number of carboxylic acids is 1. The Hall–Kier alpha value is -3.28. The minimum atomic E-state index is -1.02. The van der Waals surface area contributed by atoms with E-state index in [-0.39, 0.29) is 18.6 Å². The van der Waals surface area contributed by atoms with E-state index < -0.39 is 5.97 Å². The maximum absolute atomic E-state index is 12.4. The van der Waals surface area contributed by atoms with E-state index in [1.807, 2.05) is 31.3 Å². The van der Waals surface area contributed by atoms with Gasteiger partial charge in [0, 0.05) is 23.5 Å². The number of hydrogen-bond acceptors (Lipinski definition) is 3. The average molecular weight is 380 g/mol.